The van der Waals surface area contributed by atoms with Crippen LogP contribution in [0.25, 0.3) is 0 Å². The van der Waals surface area contributed by atoms with E-state index < -0.39 is 6.10 Å². The minimum absolute atomic E-state index is 0.179. The third-order valence-corrected chi connectivity index (χ3v) is 4.39. The summed E-state index contributed by atoms with van der Waals surface area (Å²) >= 11 is 3.43. The summed E-state index contributed by atoms with van der Waals surface area (Å²) in [5.41, 5.74) is 4.85. The molecule has 0 fully saturated rings. The summed E-state index contributed by atoms with van der Waals surface area (Å²) in [7, 11) is 0. The molecule has 1 aliphatic heterocycles. The lowest BCUT2D eigenvalue weighted by atomic mass is 10.0. The van der Waals surface area contributed by atoms with Gasteiger partial charge < -0.3 is 10.2 Å². The van der Waals surface area contributed by atoms with E-state index in [-0.39, 0.29) is 5.91 Å². The first kappa shape index (κ1) is 15.7. The number of rotatable bonds is 3. The maximum Gasteiger partial charge on any atom is 0.268 e. The first-order chi connectivity index (χ1) is 11.0. The molecular formula is C18H17BrN2O2. The number of hydrogen-bond acceptors (Lipinski definition) is 3. The smallest absolute Gasteiger partial charge is 0.268 e. The number of benzene rings is 2. The lowest BCUT2D eigenvalue weighted by molar-refractivity contribution is -0.125. The molecule has 1 unspecified atom stereocenters. The van der Waals surface area contributed by atoms with Crippen LogP contribution in [0.2, 0.25) is 0 Å². The molecule has 1 amide bonds. The Hall–Kier alpha value is -2.14. The van der Waals surface area contributed by atoms with Crippen LogP contribution in [0, 0.1) is 13.8 Å². The predicted molar refractivity (Wildman–Crippen MR) is 94.7 cm³/mol. The lowest BCUT2D eigenvalue weighted by Gasteiger charge is -2.11. The van der Waals surface area contributed by atoms with Crippen molar-refractivity contribution in [3.8, 4) is 0 Å². The van der Waals surface area contributed by atoms with Gasteiger partial charge in [0.2, 0.25) is 6.10 Å². The number of aryl methyl sites for hydroxylation is 2. The van der Waals surface area contributed by atoms with Crippen molar-refractivity contribution in [3.05, 3.63) is 63.6 Å². The van der Waals surface area contributed by atoms with Crippen molar-refractivity contribution in [1.29, 1.82) is 0 Å². The van der Waals surface area contributed by atoms with Crippen LogP contribution >= 0.6 is 15.9 Å². The van der Waals surface area contributed by atoms with Gasteiger partial charge in [0.15, 0.2) is 0 Å². The third kappa shape index (κ3) is 3.62. The van der Waals surface area contributed by atoms with E-state index in [1.165, 1.54) is 5.56 Å². The first-order valence-corrected chi connectivity index (χ1v) is 8.19. The molecule has 1 atom stereocenters. The number of nitrogens with zero attached hydrogens (tertiary/aromatic N) is 1. The summed E-state index contributed by atoms with van der Waals surface area (Å²) in [4.78, 5) is 17.6. The molecule has 0 aromatic heterocycles. The van der Waals surface area contributed by atoms with E-state index in [9.17, 15) is 4.79 Å². The van der Waals surface area contributed by atoms with Gasteiger partial charge in [0.25, 0.3) is 5.91 Å². The number of carbonyl (C=O) groups excluding carboxylic acids is 1. The van der Waals surface area contributed by atoms with Crippen molar-refractivity contribution >= 4 is 33.2 Å². The van der Waals surface area contributed by atoms with Crippen LogP contribution in [0.4, 0.5) is 5.69 Å². The molecule has 3 rings (SSSR count). The first-order valence-electron chi connectivity index (χ1n) is 7.39. The zero-order valence-electron chi connectivity index (χ0n) is 13.0. The summed E-state index contributed by atoms with van der Waals surface area (Å²) < 4.78 is 0.973. The molecule has 0 spiro atoms. The van der Waals surface area contributed by atoms with Crippen LogP contribution in [0.15, 0.2) is 52.1 Å². The maximum absolute atomic E-state index is 12.3. The minimum Gasteiger partial charge on any atom is -0.382 e. The van der Waals surface area contributed by atoms with E-state index in [0.717, 1.165) is 27.0 Å². The van der Waals surface area contributed by atoms with Crippen LogP contribution in [0.1, 0.15) is 23.1 Å². The maximum atomic E-state index is 12.3. The van der Waals surface area contributed by atoms with Gasteiger partial charge in [0.1, 0.15) is 0 Å². The van der Waals surface area contributed by atoms with Crippen molar-refractivity contribution in [3.63, 3.8) is 0 Å². The Morgan fingerprint density at radius 3 is 2.78 bits per heavy atom. The highest BCUT2D eigenvalue weighted by Crippen LogP contribution is 2.21. The van der Waals surface area contributed by atoms with Crippen molar-refractivity contribution in [2.45, 2.75) is 26.4 Å². The Bertz CT molecular complexity index is 786. The van der Waals surface area contributed by atoms with Crippen molar-refractivity contribution in [1.82, 2.24) is 0 Å². The Morgan fingerprint density at radius 2 is 2.04 bits per heavy atom. The summed E-state index contributed by atoms with van der Waals surface area (Å²) in [5, 5.41) is 6.95. The Kier molecular flexibility index (Phi) is 4.48. The topological polar surface area (TPSA) is 50.7 Å². The van der Waals surface area contributed by atoms with Gasteiger partial charge in [-0.3, -0.25) is 4.79 Å². The van der Waals surface area contributed by atoms with Crippen LogP contribution in [0.3, 0.4) is 0 Å². The number of halogens is 1. The average Bonchev–Trinajstić information content (AvgIpc) is 3.01. The highest BCUT2D eigenvalue weighted by atomic mass is 79.9. The van der Waals surface area contributed by atoms with Gasteiger partial charge in [-0.25, -0.2) is 0 Å². The van der Waals surface area contributed by atoms with Crippen molar-refractivity contribution in [2.75, 3.05) is 5.32 Å². The standard InChI is InChI=1S/C18H17BrN2O2/c1-11-6-7-15(8-12(11)2)20-18(22)17-10-16(21-23-17)13-4-3-5-14(19)9-13/h3-9,17H,10H2,1-2H3,(H,20,22). The molecule has 2 aromatic rings. The zero-order valence-corrected chi connectivity index (χ0v) is 14.6. The molecule has 0 saturated carbocycles. The molecule has 0 bridgehead atoms. The molecule has 1 heterocycles. The minimum atomic E-state index is -0.592. The molecule has 0 radical (unpaired) electrons. The molecule has 1 N–H and O–H groups in total. The molecule has 4 nitrogen and oxygen atoms in total. The third-order valence-electron chi connectivity index (χ3n) is 3.89. The Balaban J connectivity index is 1.65. The fourth-order valence-electron chi connectivity index (χ4n) is 2.40. The number of carbonyl (C=O) groups is 1. The molecule has 23 heavy (non-hydrogen) atoms. The molecule has 1 aliphatic rings. The molecule has 0 saturated heterocycles. The Labute approximate surface area is 143 Å². The highest BCUT2D eigenvalue weighted by molar-refractivity contribution is 9.10. The highest BCUT2D eigenvalue weighted by Gasteiger charge is 2.29. The monoisotopic (exact) mass is 372 g/mol. The van der Waals surface area contributed by atoms with E-state index in [2.05, 4.69) is 26.4 Å². The van der Waals surface area contributed by atoms with Gasteiger partial charge in [0.05, 0.1) is 5.71 Å². The van der Waals surface area contributed by atoms with E-state index in [1.807, 2.05) is 56.3 Å². The second-order valence-electron chi connectivity index (χ2n) is 5.63. The van der Waals surface area contributed by atoms with Gasteiger partial charge in [-0.1, -0.05) is 39.3 Å². The van der Waals surface area contributed by atoms with Crippen LogP contribution in [-0.4, -0.2) is 17.7 Å². The van der Waals surface area contributed by atoms with Crippen LogP contribution < -0.4 is 5.32 Å². The largest absolute Gasteiger partial charge is 0.382 e. The van der Waals surface area contributed by atoms with E-state index in [0.29, 0.717) is 6.42 Å². The lowest BCUT2D eigenvalue weighted by Crippen LogP contribution is -2.28. The predicted octanol–water partition coefficient (Wildman–Crippen LogP) is 4.20. The van der Waals surface area contributed by atoms with E-state index in [1.54, 1.807) is 0 Å². The number of oxime groups is 1. The van der Waals surface area contributed by atoms with Gasteiger partial charge >= 0.3 is 0 Å². The number of amides is 1. The van der Waals surface area contributed by atoms with Crippen molar-refractivity contribution < 1.29 is 9.63 Å². The number of nitrogens with one attached hydrogen (secondary N) is 1. The second-order valence-corrected chi connectivity index (χ2v) is 6.55. The molecule has 5 heteroatoms. The van der Waals surface area contributed by atoms with E-state index in [4.69, 9.17) is 4.84 Å². The quantitative estimate of drug-likeness (QED) is 0.877. The van der Waals surface area contributed by atoms with Gasteiger partial charge in [0, 0.05) is 22.1 Å². The van der Waals surface area contributed by atoms with E-state index >= 15 is 0 Å². The summed E-state index contributed by atoms with van der Waals surface area (Å²) in [5.74, 6) is -0.179. The summed E-state index contributed by atoms with van der Waals surface area (Å²) in [6, 6.07) is 13.6. The average molecular weight is 373 g/mol. The molecule has 118 valence electrons. The fraction of sp³-hybridized carbons (Fsp3) is 0.222. The molecular weight excluding hydrogens is 356 g/mol. The Morgan fingerprint density at radius 1 is 1.22 bits per heavy atom. The van der Waals surface area contributed by atoms with Crippen LogP contribution in [-0.2, 0) is 9.63 Å². The normalized spacial score (nSPS) is 16.7. The number of anilines is 1. The molecule has 2 aromatic carbocycles. The van der Waals surface area contributed by atoms with Gasteiger partial charge in [-0.15, -0.1) is 0 Å². The fourth-order valence-corrected chi connectivity index (χ4v) is 2.80. The second kappa shape index (κ2) is 6.54. The van der Waals surface area contributed by atoms with Crippen molar-refractivity contribution in [2.24, 2.45) is 5.16 Å². The van der Waals surface area contributed by atoms with Gasteiger partial charge in [-0.05, 0) is 49.2 Å². The zero-order chi connectivity index (χ0) is 16.4. The van der Waals surface area contributed by atoms with Gasteiger partial charge in [-0.2, -0.15) is 0 Å². The number of hydrogen-bond donors (Lipinski definition) is 1. The SMILES string of the molecule is Cc1ccc(NC(=O)C2CC(c3cccc(Br)c3)=NO2)cc1C. The summed E-state index contributed by atoms with van der Waals surface area (Å²) in [6.45, 7) is 4.06. The summed E-state index contributed by atoms with van der Waals surface area (Å²) in [6.07, 6.45) is -0.127. The molecule has 0 aliphatic carbocycles. The van der Waals surface area contributed by atoms with Crippen LogP contribution in [0.5, 0.6) is 0 Å².